The number of hydrogen-bond acceptors (Lipinski definition) is 3. The molecule has 0 saturated carbocycles. The lowest BCUT2D eigenvalue weighted by atomic mass is 10.1. The van der Waals surface area contributed by atoms with Crippen molar-refractivity contribution < 1.29 is 5.11 Å². The Bertz CT molecular complexity index is 260. The van der Waals surface area contributed by atoms with Crippen molar-refractivity contribution in [1.29, 1.82) is 0 Å². The van der Waals surface area contributed by atoms with E-state index < -0.39 is 0 Å². The molecule has 0 aromatic carbocycles. The number of rotatable bonds is 6. The second-order valence-corrected chi connectivity index (χ2v) is 3.62. The molecule has 1 N–H and O–H groups in total. The summed E-state index contributed by atoms with van der Waals surface area (Å²) in [6.07, 6.45) is 3.83. The van der Waals surface area contributed by atoms with Crippen molar-refractivity contribution >= 4 is 0 Å². The topological polar surface area (TPSA) is 36.4 Å². The van der Waals surface area contributed by atoms with Gasteiger partial charge in [-0.1, -0.05) is 19.9 Å². The molecule has 1 atom stereocenters. The minimum atomic E-state index is -0.390. The maximum atomic E-state index is 9.89. The normalized spacial score (nSPS) is 13.1. The summed E-state index contributed by atoms with van der Waals surface area (Å²) in [5.41, 5.74) is 0.907. The summed E-state index contributed by atoms with van der Waals surface area (Å²) < 4.78 is 0. The van der Waals surface area contributed by atoms with Gasteiger partial charge in [-0.2, -0.15) is 0 Å². The van der Waals surface area contributed by atoms with Gasteiger partial charge in [-0.25, -0.2) is 0 Å². The fourth-order valence-corrected chi connectivity index (χ4v) is 1.58. The molecule has 84 valence electrons. The molecular weight excluding hydrogens is 188 g/mol. The second-order valence-electron chi connectivity index (χ2n) is 3.62. The first-order valence-electron chi connectivity index (χ1n) is 5.58. The van der Waals surface area contributed by atoms with Gasteiger partial charge in [0, 0.05) is 18.9 Å². The molecular formula is C12H20N2O. The van der Waals surface area contributed by atoms with E-state index in [0.717, 1.165) is 31.6 Å². The van der Waals surface area contributed by atoms with Crippen LogP contribution >= 0.6 is 0 Å². The van der Waals surface area contributed by atoms with E-state index >= 15 is 0 Å². The Labute approximate surface area is 91.8 Å². The van der Waals surface area contributed by atoms with Crippen LogP contribution in [-0.4, -0.2) is 34.6 Å². The monoisotopic (exact) mass is 208 g/mol. The fourth-order valence-electron chi connectivity index (χ4n) is 1.58. The highest BCUT2D eigenvalue weighted by atomic mass is 16.3. The van der Waals surface area contributed by atoms with E-state index in [1.165, 1.54) is 0 Å². The van der Waals surface area contributed by atoms with Crippen molar-refractivity contribution in [3.8, 4) is 0 Å². The lowest BCUT2D eigenvalue weighted by Crippen LogP contribution is -2.25. The number of aliphatic hydroxyl groups excluding tert-OH is 1. The fraction of sp³-hybridized carbons (Fsp3) is 0.583. The third-order valence-corrected chi connectivity index (χ3v) is 2.68. The van der Waals surface area contributed by atoms with Gasteiger partial charge in [0.25, 0.3) is 0 Å². The van der Waals surface area contributed by atoms with Crippen molar-refractivity contribution in [2.24, 2.45) is 0 Å². The van der Waals surface area contributed by atoms with Crippen LogP contribution in [-0.2, 0) is 0 Å². The van der Waals surface area contributed by atoms with Crippen molar-refractivity contribution in [2.45, 2.75) is 26.4 Å². The molecule has 1 rings (SSSR count). The third-order valence-electron chi connectivity index (χ3n) is 2.68. The Balaban J connectivity index is 2.39. The summed E-state index contributed by atoms with van der Waals surface area (Å²) in [5, 5.41) is 9.89. The van der Waals surface area contributed by atoms with Crippen LogP contribution in [0.15, 0.2) is 24.5 Å². The molecule has 0 aliphatic carbocycles. The zero-order valence-corrected chi connectivity index (χ0v) is 9.56. The maximum Gasteiger partial charge on any atom is 0.0817 e. The largest absolute Gasteiger partial charge is 0.388 e. The zero-order valence-electron chi connectivity index (χ0n) is 9.56. The van der Waals surface area contributed by atoms with Crippen LogP contribution in [0.1, 0.15) is 31.9 Å². The minimum Gasteiger partial charge on any atom is -0.388 e. The van der Waals surface area contributed by atoms with Crippen molar-refractivity contribution in [2.75, 3.05) is 19.6 Å². The van der Waals surface area contributed by atoms with E-state index in [1.54, 1.807) is 12.4 Å². The Morgan fingerprint density at radius 2 is 2.13 bits per heavy atom. The summed E-state index contributed by atoms with van der Waals surface area (Å²) in [4.78, 5) is 6.30. The van der Waals surface area contributed by atoms with Crippen molar-refractivity contribution in [3.63, 3.8) is 0 Å². The molecule has 1 unspecified atom stereocenters. The molecule has 0 aliphatic rings. The number of pyridine rings is 1. The van der Waals surface area contributed by atoms with E-state index in [4.69, 9.17) is 0 Å². The van der Waals surface area contributed by atoms with E-state index in [-0.39, 0.29) is 6.10 Å². The number of aromatic nitrogens is 1. The molecule has 1 heterocycles. The number of aliphatic hydroxyl groups is 1. The molecule has 0 bridgehead atoms. The summed E-state index contributed by atoms with van der Waals surface area (Å²) in [6.45, 7) is 7.29. The first-order valence-corrected chi connectivity index (χ1v) is 5.58. The molecule has 0 spiro atoms. The van der Waals surface area contributed by atoms with Gasteiger partial charge in [-0.15, -0.1) is 0 Å². The summed E-state index contributed by atoms with van der Waals surface area (Å²) in [5.74, 6) is 0. The average molecular weight is 208 g/mol. The predicted molar refractivity (Wildman–Crippen MR) is 61.6 cm³/mol. The van der Waals surface area contributed by atoms with Gasteiger partial charge < -0.3 is 10.0 Å². The average Bonchev–Trinajstić information content (AvgIpc) is 2.31. The van der Waals surface area contributed by atoms with Crippen LogP contribution in [0, 0.1) is 0 Å². The molecule has 1 aromatic heterocycles. The highest BCUT2D eigenvalue weighted by Gasteiger charge is 2.08. The Morgan fingerprint density at radius 3 is 2.67 bits per heavy atom. The smallest absolute Gasteiger partial charge is 0.0817 e. The lowest BCUT2D eigenvalue weighted by molar-refractivity contribution is 0.145. The third kappa shape index (κ3) is 3.98. The van der Waals surface area contributed by atoms with Crippen molar-refractivity contribution in [1.82, 2.24) is 9.88 Å². The van der Waals surface area contributed by atoms with Gasteiger partial charge in [0.1, 0.15) is 0 Å². The SMILES string of the molecule is CCN(CC)CCC(O)c1cccnc1. The molecule has 1 aromatic rings. The first kappa shape index (κ1) is 12.1. The second kappa shape index (κ2) is 6.53. The van der Waals surface area contributed by atoms with Crippen molar-refractivity contribution in [3.05, 3.63) is 30.1 Å². The summed E-state index contributed by atoms with van der Waals surface area (Å²) in [6, 6.07) is 3.77. The van der Waals surface area contributed by atoms with Crippen LogP contribution in [0.25, 0.3) is 0 Å². The minimum absolute atomic E-state index is 0.390. The van der Waals surface area contributed by atoms with Crippen LogP contribution in [0.5, 0.6) is 0 Å². The zero-order chi connectivity index (χ0) is 11.1. The van der Waals surface area contributed by atoms with E-state index in [2.05, 4.69) is 23.7 Å². The molecule has 15 heavy (non-hydrogen) atoms. The van der Waals surface area contributed by atoms with Gasteiger partial charge >= 0.3 is 0 Å². The molecule has 0 saturated heterocycles. The predicted octanol–water partition coefficient (Wildman–Crippen LogP) is 1.85. The molecule has 0 radical (unpaired) electrons. The maximum absolute atomic E-state index is 9.89. The van der Waals surface area contributed by atoms with Gasteiger partial charge in [0.2, 0.25) is 0 Å². The highest BCUT2D eigenvalue weighted by Crippen LogP contribution is 2.15. The van der Waals surface area contributed by atoms with Gasteiger partial charge in [0.05, 0.1) is 6.10 Å². The van der Waals surface area contributed by atoms with Crippen LogP contribution in [0.2, 0.25) is 0 Å². The quantitative estimate of drug-likeness (QED) is 0.775. The van der Waals surface area contributed by atoms with E-state index in [0.29, 0.717) is 0 Å². The first-order chi connectivity index (χ1) is 7.27. The Kier molecular flexibility index (Phi) is 5.29. The molecule has 3 heteroatoms. The van der Waals surface area contributed by atoms with Gasteiger partial charge in [-0.05, 0) is 31.1 Å². The molecule has 0 aliphatic heterocycles. The van der Waals surface area contributed by atoms with E-state index in [9.17, 15) is 5.11 Å². The van der Waals surface area contributed by atoms with E-state index in [1.807, 2.05) is 12.1 Å². The highest BCUT2D eigenvalue weighted by molar-refractivity contribution is 5.11. The molecule has 0 fully saturated rings. The Hall–Kier alpha value is -0.930. The van der Waals surface area contributed by atoms with Crippen LogP contribution < -0.4 is 0 Å². The van der Waals surface area contributed by atoms with Gasteiger partial charge in [0.15, 0.2) is 0 Å². The Morgan fingerprint density at radius 1 is 1.40 bits per heavy atom. The lowest BCUT2D eigenvalue weighted by Gasteiger charge is -2.19. The number of hydrogen-bond donors (Lipinski definition) is 1. The summed E-state index contributed by atoms with van der Waals surface area (Å²) in [7, 11) is 0. The standard InChI is InChI=1S/C12H20N2O/c1-3-14(4-2)9-7-12(15)11-6-5-8-13-10-11/h5-6,8,10,12,15H,3-4,7,9H2,1-2H3. The molecule has 0 amide bonds. The summed E-state index contributed by atoms with van der Waals surface area (Å²) >= 11 is 0. The molecule has 3 nitrogen and oxygen atoms in total. The van der Waals surface area contributed by atoms with Crippen LogP contribution in [0.4, 0.5) is 0 Å². The van der Waals surface area contributed by atoms with Crippen LogP contribution in [0.3, 0.4) is 0 Å². The van der Waals surface area contributed by atoms with Gasteiger partial charge in [-0.3, -0.25) is 4.98 Å². The number of nitrogens with zero attached hydrogens (tertiary/aromatic N) is 2.